The summed E-state index contributed by atoms with van der Waals surface area (Å²) in [7, 11) is -9.92. The van der Waals surface area contributed by atoms with Crippen LogP contribution < -0.4 is 0 Å². The van der Waals surface area contributed by atoms with E-state index in [1.165, 1.54) is 276 Å². The van der Waals surface area contributed by atoms with E-state index in [0.29, 0.717) is 25.7 Å². The third-order valence-corrected chi connectivity index (χ3v) is 21.3. The van der Waals surface area contributed by atoms with Crippen LogP contribution in [-0.2, 0) is 65.4 Å². The molecule has 600 valence electrons. The maximum Gasteiger partial charge on any atom is 0.472 e. The predicted molar refractivity (Wildman–Crippen MR) is 414 cm³/mol. The van der Waals surface area contributed by atoms with Gasteiger partial charge in [-0.2, -0.15) is 0 Å². The van der Waals surface area contributed by atoms with Crippen molar-refractivity contribution in [2.24, 2.45) is 0 Å². The highest BCUT2D eigenvalue weighted by Crippen LogP contribution is 2.45. The summed E-state index contributed by atoms with van der Waals surface area (Å²) in [5.74, 6) is -2.10. The number of ether oxygens (including phenoxy) is 4. The van der Waals surface area contributed by atoms with Crippen molar-refractivity contribution < 1.29 is 80.2 Å². The second-order valence-electron chi connectivity index (χ2n) is 29.5. The predicted octanol–water partition coefficient (Wildman–Crippen LogP) is 25.0. The summed E-state index contributed by atoms with van der Waals surface area (Å²) in [6.07, 6.45) is 69.4. The number of hydrogen-bond donors (Lipinski definition) is 3. The van der Waals surface area contributed by atoms with Crippen LogP contribution in [0.2, 0.25) is 0 Å². The lowest BCUT2D eigenvalue weighted by molar-refractivity contribution is -0.161. The fourth-order valence-corrected chi connectivity index (χ4v) is 14.4. The molecule has 0 aromatic rings. The van der Waals surface area contributed by atoms with E-state index in [2.05, 4.69) is 27.7 Å². The van der Waals surface area contributed by atoms with Crippen LogP contribution in [0.1, 0.15) is 445 Å². The molecule has 0 aromatic heterocycles. The van der Waals surface area contributed by atoms with E-state index in [9.17, 15) is 43.2 Å². The highest BCUT2D eigenvalue weighted by molar-refractivity contribution is 7.47. The van der Waals surface area contributed by atoms with Gasteiger partial charge in [0.1, 0.15) is 19.3 Å². The zero-order valence-corrected chi connectivity index (χ0v) is 67.7. The molecular formula is C82H160O17P2. The number of esters is 4. The Balaban J connectivity index is 5.20. The Morgan fingerprint density at radius 1 is 0.238 bits per heavy atom. The van der Waals surface area contributed by atoms with Gasteiger partial charge in [-0.1, -0.05) is 394 Å². The molecule has 0 amide bonds. The lowest BCUT2D eigenvalue weighted by atomic mass is 10.0. The molecule has 0 aliphatic heterocycles. The van der Waals surface area contributed by atoms with Crippen LogP contribution in [0.5, 0.6) is 0 Å². The van der Waals surface area contributed by atoms with Crippen LogP contribution >= 0.6 is 15.6 Å². The quantitative estimate of drug-likeness (QED) is 0.0222. The molecule has 0 heterocycles. The molecule has 5 atom stereocenters. The molecule has 0 saturated carbocycles. The monoisotopic (exact) mass is 1480 g/mol. The van der Waals surface area contributed by atoms with Crippen molar-refractivity contribution in [3.8, 4) is 0 Å². The van der Waals surface area contributed by atoms with Crippen LogP contribution in [-0.4, -0.2) is 96.7 Å². The van der Waals surface area contributed by atoms with Crippen LogP contribution in [0.3, 0.4) is 0 Å². The van der Waals surface area contributed by atoms with Gasteiger partial charge in [-0.3, -0.25) is 37.3 Å². The molecule has 2 unspecified atom stereocenters. The highest BCUT2D eigenvalue weighted by atomic mass is 31.2. The number of carbonyl (C=O) groups is 4. The fraction of sp³-hybridized carbons (Fsp3) is 0.951. The highest BCUT2D eigenvalue weighted by Gasteiger charge is 2.30. The molecule has 0 rings (SSSR count). The topological polar surface area (TPSA) is 237 Å². The molecule has 101 heavy (non-hydrogen) atoms. The molecule has 3 N–H and O–H groups in total. The van der Waals surface area contributed by atoms with Gasteiger partial charge in [-0.05, 0) is 25.7 Å². The Hall–Kier alpha value is -1.94. The number of phosphoric ester groups is 2. The SMILES string of the molecule is CCCCCCCCCCCCCCCCCCCCCCCCC(=O)O[C@H](COC(=O)CCCCCCCCCCCCCCCCCC)COP(=O)(O)OC[C@@H](O)COP(=O)(O)OC[C@@H](COC(=O)CCCCCCCCCCCC)OC(=O)CCCCCCCCCCCCCCC. The first-order valence-electron chi connectivity index (χ1n) is 42.8. The van der Waals surface area contributed by atoms with Gasteiger partial charge in [0.05, 0.1) is 26.4 Å². The molecule has 0 bridgehead atoms. The smallest absolute Gasteiger partial charge is 0.462 e. The molecule has 19 heteroatoms. The molecule has 0 saturated heterocycles. The van der Waals surface area contributed by atoms with Crippen molar-refractivity contribution in [2.45, 2.75) is 463 Å². The number of hydrogen-bond acceptors (Lipinski definition) is 15. The first-order valence-corrected chi connectivity index (χ1v) is 45.8. The Morgan fingerprint density at radius 3 is 0.584 bits per heavy atom. The van der Waals surface area contributed by atoms with Crippen molar-refractivity contribution in [2.75, 3.05) is 39.6 Å². The maximum atomic E-state index is 13.1. The van der Waals surface area contributed by atoms with Crippen LogP contribution in [0.25, 0.3) is 0 Å². The number of unbranched alkanes of at least 4 members (excludes halogenated alkanes) is 57. The van der Waals surface area contributed by atoms with E-state index in [1.54, 1.807) is 0 Å². The molecule has 17 nitrogen and oxygen atoms in total. The van der Waals surface area contributed by atoms with Crippen molar-refractivity contribution in [3.05, 3.63) is 0 Å². The maximum absolute atomic E-state index is 13.1. The molecule has 0 aromatic carbocycles. The Morgan fingerprint density at radius 2 is 0.396 bits per heavy atom. The second kappa shape index (κ2) is 76.3. The largest absolute Gasteiger partial charge is 0.472 e. The first-order chi connectivity index (χ1) is 49.2. The average Bonchev–Trinajstić information content (AvgIpc) is 0.957. The number of aliphatic hydroxyl groups is 1. The summed E-state index contributed by atoms with van der Waals surface area (Å²) < 4.78 is 68.7. The van der Waals surface area contributed by atoms with Gasteiger partial charge in [0.25, 0.3) is 0 Å². The molecule has 0 radical (unpaired) electrons. The summed E-state index contributed by atoms with van der Waals surface area (Å²) in [6.45, 7) is 5.02. The third-order valence-electron chi connectivity index (χ3n) is 19.4. The zero-order chi connectivity index (χ0) is 73.9. The van der Waals surface area contributed by atoms with Gasteiger partial charge in [0.15, 0.2) is 12.2 Å². The lowest BCUT2D eigenvalue weighted by Crippen LogP contribution is -2.30. The van der Waals surface area contributed by atoms with Crippen molar-refractivity contribution in [3.63, 3.8) is 0 Å². The zero-order valence-electron chi connectivity index (χ0n) is 65.9. The minimum absolute atomic E-state index is 0.108. The van der Waals surface area contributed by atoms with Crippen molar-refractivity contribution >= 4 is 39.5 Å². The van der Waals surface area contributed by atoms with Crippen molar-refractivity contribution in [1.29, 1.82) is 0 Å². The van der Waals surface area contributed by atoms with E-state index in [0.717, 1.165) is 89.9 Å². The number of rotatable bonds is 83. The number of carbonyl (C=O) groups excluding carboxylic acids is 4. The van der Waals surface area contributed by atoms with E-state index < -0.39 is 97.5 Å². The van der Waals surface area contributed by atoms with E-state index in [1.807, 2.05) is 0 Å². The van der Waals surface area contributed by atoms with Crippen LogP contribution in [0, 0.1) is 0 Å². The Labute approximate surface area is 619 Å². The van der Waals surface area contributed by atoms with E-state index in [4.69, 9.17) is 37.0 Å². The molecule has 0 spiro atoms. The summed E-state index contributed by atoms with van der Waals surface area (Å²) in [5.41, 5.74) is 0. The van der Waals surface area contributed by atoms with E-state index in [-0.39, 0.29) is 25.7 Å². The molecule has 0 fully saturated rings. The number of aliphatic hydroxyl groups excluding tert-OH is 1. The average molecular weight is 1480 g/mol. The minimum Gasteiger partial charge on any atom is -0.462 e. The van der Waals surface area contributed by atoms with Gasteiger partial charge < -0.3 is 33.8 Å². The van der Waals surface area contributed by atoms with Gasteiger partial charge >= 0.3 is 39.5 Å². The second-order valence-corrected chi connectivity index (χ2v) is 32.4. The summed E-state index contributed by atoms with van der Waals surface area (Å²) in [6, 6.07) is 0. The van der Waals surface area contributed by atoms with Crippen LogP contribution in [0.4, 0.5) is 0 Å². The minimum atomic E-state index is -4.96. The lowest BCUT2D eigenvalue weighted by Gasteiger charge is -2.21. The van der Waals surface area contributed by atoms with Gasteiger partial charge in [-0.15, -0.1) is 0 Å². The van der Waals surface area contributed by atoms with Crippen molar-refractivity contribution in [1.82, 2.24) is 0 Å². The Kier molecular flexibility index (Phi) is 74.8. The molecule has 0 aliphatic carbocycles. The van der Waals surface area contributed by atoms with Gasteiger partial charge in [0, 0.05) is 25.7 Å². The molecule has 0 aliphatic rings. The Bertz CT molecular complexity index is 1910. The van der Waals surface area contributed by atoms with Gasteiger partial charge in [-0.25, -0.2) is 9.13 Å². The molecular weight excluding hydrogens is 1320 g/mol. The number of phosphoric acid groups is 2. The standard InChI is InChI=1S/C82H160O17P2/c1-5-9-13-17-21-25-29-32-34-36-37-38-39-40-41-43-46-49-53-57-61-65-69-82(87)99-78(73-93-80(85)67-63-59-55-51-47-45-42-35-33-30-26-22-18-14-10-6-2)75-97-101(90,91)95-71-76(83)70-94-100(88,89)96-74-77(72-92-79(84)66-62-58-54-50-28-24-20-16-12-8-4)98-81(86)68-64-60-56-52-48-44-31-27-23-19-15-11-7-3/h76-78,83H,5-75H2,1-4H3,(H,88,89)(H,90,91)/t76-,77+,78+/m0/s1. The fourth-order valence-electron chi connectivity index (χ4n) is 12.8. The third kappa shape index (κ3) is 76.1. The van der Waals surface area contributed by atoms with Gasteiger partial charge in [0.2, 0.25) is 0 Å². The van der Waals surface area contributed by atoms with Crippen LogP contribution in [0.15, 0.2) is 0 Å². The first kappa shape index (κ1) is 99.1. The summed E-state index contributed by atoms with van der Waals surface area (Å²) in [4.78, 5) is 73.0. The van der Waals surface area contributed by atoms with E-state index >= 15 is 0 Å². The summed E-state index contributed by atoms with van der Waals surface area (Å²) in [5, 5.41) is 10.6. The summed E-state index contributed by atoms with van der Waals surface area (Å²) >= 11 is 0. The normalized spacial score (nSPS) is 13.8.